The molecule has 0 bridgehead atoms. The molecule has 0 aliphatic carbocycles. The first-order chi connectivity index (χ1) is 3.80. The molecule has 1 aliphatic rings. The smallest absolute Gasteiger partial charge is 0.0167 e. The van der Waals surface area contributed by atoms with E-state index >= 15 is 0 Å². The standard InChI is InChI=1S/C7H13N/c1-6(2)7-3-4-8-5-7/h8H,3-5H2,1-2H3. The van der Waals surface area contributed by atoms with E-state index in [0.717, 1.165) is 6.54 Å². The lowest BCUT2D eigenvalue weighted by atomic mass is 10.1. The molecule has 0 aromatic rings. The van der Waals surface area contributed by atoms with E-state index in [1.54, 1.807) is 5.57 Å². The maximum absolute atomic E-state index is 3.30. The molecule has 1 fully saturated rings. The van der Waals surface area contributed by atoms with Crippen LogP contribution in [-0.2, 0) is 0 Å². The summed E-state index contributed by atoms with van der Waals surface area (Å²) in [7, 11) is 0. The fourth-order valence-electron chi connectivity index (χ4n) is 0.994. The zero-order valence-electron chi connectivity index (χ0n) is 5.62. The van der Waals surface area contributed by atoms with E-state index in [2.05, 4.69) is 19.2 Å². The maximum Gasteiger partial charge on any atom is 0.0167 e. The molecule has 0 atom stereocenters. The van der Waals surface area contributed by atoms with Gasteiger partial charge in [0.25, 0.3) is 0 Å². The van der Waals surface area contributed by atoms with Crippen molar-refractivity contribution in [3.63, 3.8) is 0 Å². The number of rotatable bonds is 0. The number of hydrogen-bond donors (Lipinski definition) is 1. The van der Waals surface area contributed by atoms with Crippen LogP contribution in [-0.4, -0.2) is 13.1 Å². The Bertz CT molecular complexity index is 102. The van der Waals surface area contributed by atoms with Gasteiger partial charge in [-0.25, -0.2) is 0 Å². The predicted octanol–water partition coefficient (Wildman–Crippen LogP) is 1.32. The minimum Gasteiger partial charge on any atom is -0.313 e. The predicted molar refractivity (Wildman–Crippen MR) is 35.9 cm³/mol. The van der Waals surface area contributed by atoms with Crippen LogP contribution in [0.5, 0.6) is 0 Å². The SMILES string of the molecule is CC(C)=C1CCNC1. The summed E-state index contributed by atoms with van der Waals surface area (Å²) in [5, 5.41) is 3.30. The first-order valence-corrected chi connectivity index (χ1v) is 3.16. The number of allylic oxidation sites excluding steroid dienone is 1. The molecule has 0 radical (unpaired) electrons. The summed E-state index contributed by atoms with van der Waals surface area (Å²) >= 11 is 0. The molecule has 0 amide bonds. The second kappa shape index (κ2) is 2.31. The highest BCUT2D eigenvalue weighted by atomic mass is 14.9. The van der Waals surface area contributed by atoms with Crippen LogP contribution >= 0.6 is 0 Å². The molecule has 0 spiro atoms. The van der Waals surface area contributed by atoms with Gasteiger partial charge in [-0.15, -0.1) is 0 Å². The van der Waals surface area contributed by atoms with Gasteiger partial charge in [0.05, 0.1) is 0 Å². The minimum atomic E-state index is 1.13. The van der Waals surface area contributed by atoms with E-state index in [9.17, 15) is 0 Å². The average molecular weight is 111 g/mol. The molecule has 0 unspecified atom stereocenters. The van der Waals surface area contributed by atoms with E-state index in [1.165, 1.54) is 18.5 Å². The molecule has 0 aromatic carbocycles. The molecular weight excluding hydrogens is 98.1 g/mol. The maximum atomic E-state index is 3.30. The van der Waals surface area contributed by atoms with Crippen LogP contribution < -0.4 is 5.32 Å². The minimum absolute atomic E-state index is 1.13. The van der Waals surface area contributed by atoms with E-state index in [4.69, 9.17) is 0 Å². The van der Waals surface area contributed by atoms with Crippen molar-refractivity contribution in [3.05, 3.63) is 11.1 Å². The molecule has 0 saturated carbocycles. The summed E-state index contributed by atoms with van der Waals surface area (Å²) in [5.74, 6) is 0. The first kappa shape index (κ1) is 5.83. The molecule has 1 rings (SSSR count). The van der Waals surface area contributed by atoms with Crippen molar-refractivity contribution in [3.8, 4) is 0 Å². The van der Waals surface area contributed by atoms with Gasteiger partial charge < -0.3 is 5.32 Å². The van der Waals surface area contributed by atoms with Gasteiger partial charge in [0.15, 0.2) is 0 Å². The van der Waals surface area contributed by atoms with Crippen LogP contribution in [0.3, 0.4) is 0 Å². The van der Waals surface area contributed by atoms with Crippen LogP contribution in [0.1, 0.15) is 20.3 Å². The molecule has 46 valence electrons. The summed E-state index contributed by atoms with van der Waals surface area (Å²) in [6, 6.07) is 0. The normalized spacial score (nSPS) is 19.5. The summed E-state index contributed by atoms with van der Waals surface area (Å²) in [6.45, 7) is 6.67. The highest BCUT2D eigenvalue weighted by Crippen LogP contribution is 2.10. The molecule has 1 N–H and O–H groups in total. The van der Waals surface area contributed by atoms with Gasteiger partial charge in [0, 0.05) is 6.54 Å². The first-order valence-electron chi connectivity index (χ1n) is 3.16. The average Bonchev–Trinajstić information content (AvgIpc) is 2.12. The zero-order valence-corrected chi connectivity index (χ0v) is 5.62. The summed E-state index contributed by atoms with van der Waals surface area (Å²) in [4.78, 5) is 0. The van der Waals surface area contributed by atoms with Gasteiger partial charge in [-0.1, -0.05) is 11.1 Å². The summed E-state index contributed by atoms with van der Waals surface area (Å²) in [6.07, 6.45) is 1.27. The van der Waals surface area contributed by atoms with Gasteiger partial charge in [-0.2, -0.15) is 0 Å². The molecule has 8 heavy (non-hydrogen) atoms. The highest BCUT2D eigenvalue weighted by Gasteiger charge is 2.04. The van der Waals surface area contributed by atoms with Gasteiger partial charge in [-0.3, -0.25) is 0 Å². The Morgan fingerprint density at radius 2 is 2.25 bits per heavy atom. The van der Waals surface area contributed by atoms with Gasteiger partial charge in [-0.05, 0) is 26.8 Å². The van der Waals surface area contributed by atoms with Gasteiger partial charge >= 0.3 is 0 Å². The van der Waals surface area contributed by atoms with Crippen molar-refractivity contribution in [1.82, 2.24) is 5.32 Å². The summed E-state index contributed by atoms with van der Waals surface area (Å²) < 4.78 is 0. The Morgan fingerprint density at radius 3 is 2.50 bits per heavy atom. The van der Waals surface area contributed by atoms with E-state index < -0.39 is 0 Å². The Labute approximate surface area is 50.8 Å². The molecule has 1 aliphatic heterocycles. The van der Waals surface area contributed by atoms with Crippen LogP contribution in [0.25, 0.3) is 0 Å². The third-order valence-electron chi connectivity index (χ3n) is 1.65. The van der Waals surface area contributed by atoms with Crippen molar-refractivity contribution < 1.29 is 0 Å². The van der Waals surface area contributed by atoms with Crippen LogP contribution in [0, 0.1) is 0 Å². The van der Waals surface area contributed by atoms with Crippen molar-refractivity contribution in [1.29, 1.82) is 0 Å². The van der Waals surface area contributed by atoms with E-state index in [0.29, 0.717) is 0 Å². The largest absolute Gasteiger partial charge is 0.313 e. The molecule has 1 heterocycles. The third kappa shape index (κ3) is 1.10. The molecule has 0 aromatic heterocycles. The molecule has 1 saturated heterocycles. The summed E-state index contributed by atoms with van der Waals surface area (Å²) in [5.41, 5.74) is 3.10. The van der Waals surface area contributed by atoms with Gasteiger partial charge in [0.2, 0.25) is 0 Å². The second-order valence-corrected chi connectivity index (χ2v) is 2.53. The van der Waals surface area contributed by atoms with Crippen molar-refractivity contribution in [2.24, 2.45) is 0 Å². The van der Waals surface area contributed by atoms with E-state index in [-0.39, 0.29) is 0 Å². The lowest BCUT2D eigenvalue weighted by Crippen LogP contribution is -2.04. The topological polar surface area (TPSA) is 12.0 Å². The molecular formula is C7H13N. The number of hydrogen-bond acceptors (Lipinski definition) is 1. The van der Waals surface area contributed by atoms with E-state index in [1.807, 2.05) is 0 Å². The van der Waals surface area contributed by atoms with Crippen LogP contribution in [0.15, 0.2) is 11.1 Å². The highest BCUT2D eigenvalue weighted by molar-refractivity contribution is 5.14. The Morgan fingerprint density at radius 1 is 1.50 bits per heavy atom. The Balaban J connectivity index is 2.58. The fourth-order valence-corrected chi connectivity index (χ4v) is 0.994. The van der Waals surface area contributed by atoms with Crippen molar-refractivity contribution >= 4 is 0 Å². The second-order valence-electron chi connectivity index (χ2n) is 2.53. The molecule has 1 heteroatoms. The number of nitrogens with one attached hydrogen (secondary N) is 1. The molecule has 1 nitrogen and oxygen atoms in total. The monoisotopic (exact) mass is 111 g/mol. The lowest BCUT2D eigenvalue weighted by molar-refractivity contribution is 0.862. The zero-order chi connectivity index (χ0) is 5.98. The quantitative estimate of drug-likeness (QED) is 0.465. The van der Waals surface area contributed by atoms with Gasteiger partial charge in [0.1, 0.15) is 0 Å². The Hall–Kier alpha value is -0.300. The van der Waals surface area contributed by atoms with Crippen LogP contribution in [0.2, 0.25) is 0 Å². The Kier molecular flexibility index (Phi) is 1.69. The van der Waals surface area contributed by atoms with Crippen molar-refractivity contribution in [2.45, 2.75) is 20.3 Å². The lowest BCUT2D eigenvalue weighted by Gasteiger charge is -1.94. The fraction of sp³-hybridized carbons (Fsp3) is 0.714. The van der Waals surface area contributed by atoms with Crippen LogP contribution in [0.4, 0.5) is 0 Å². The third-order valence-corrected chi connectivity index (χ3v) is 1.65. The van der Waals surface area contributed by atoms with Crippen molar-refractivity contribution in [2.75, 3.05) is 13.1 Å².